The third-order valence-electron chi connectivity index (χ3n) is 4.44. The zero-order valence-corrected chi connectivity index (χ0v) is 11.5. The molecule has 0 aromatic rings. The molecule has 0 aromatic carbocycles. The summed E-state index contributed by atoms with van der Waals surface area (Å²) in [5, 5.41) is 13.9. The largest absolute Gasteiger partial charge is 0.388 e. The SMILES string of the molecule is CC1CC(NCC2(O)CCSC2)CN1C1CC1. The number of likely N-dealkylation sites (tertiary alicyclic amines) is 1. The summed E-state index contributed by atoms with van der Waals surface area (Å²) in [5.74, 6) is 2.03. The molecule has 1 saturated carbocycles. The van der Waals surface area contributed by atoms with Crippen LogP contribution in [0, 0.1) is 0 Å². The van der Waals surface area contributed by atoms with Gasteiger partial charge < -0.3 is 10.4 Å². The van der Waals surface area contributed by atoms with Gasteiger partial charge in [-0.25, -0.2) is 0 Å². The Hall–Kier alpha value is 0.230. The van der Waals surface area contributed by atoms with E-state index in [0.717, 1.165) is 36.6 Å². The van der Waals surface area contributed by atoms with E-state index in [2.05, 4.69) is 17.1 Å². The molecule has 2 heterocycles. The van der Waals surface area contributed by atoms with Crippen molar-refractivity contribution in [3.05, 3.63) is 0 Å². The Labute approximate surface area is 108 Å². The van der Waals surface area contributed by atoms with Crippen LogP contribution in [0.4, 0.5) is 0 Å². The number of thioether (sulfide) groups is 1. The maximum atomic E-state index is 10.3. The minimum atomic E-state index is -0.430. The Bertz CT molecular complexity index is 277. The van der Waals surface area contributed by atoms with Crippen molar-refractivity contribution in [1.29, 1.82) is 0 Å². The highest BCUT2D eigenvalue weighted by Crippen LogP contribution is 2.33. The standard InChI is InChI=1S/C13H24N2OS/c1-10-6-11(7-15(10)12-2-3-12)14-8-13(16)4-5-17-9-13/h10-12,14,16H,2-9H2,1H3. The molecule has 0 spiro atoms. The lowest BCUT2D eigenvalue weighted by Crippen LogP contribution is -2.45. The Morgan fingerprint density at radius 1 is 1.47 bits per heavy atom. The lowest BCUT2D eigenvalue weighted by Gasteiger charge is -2.24. The van der Waals surface area contributed by atoms with Crippen molar-refractivity contribution < 1.29 is 5.11 Å². The Morgan fingerprint density at radius 2 is 2.29 bits per heavy atom. The molecule has 1 aliphatic carbocycles. The number of nitrogens with zero attached hydrogens (tertiary/aromatic N) is 1. The fraction of sp³-hybridized carbons (Fsp3) is 1.00. The number of hydrogen-bond acceptors (Lipinski definition) is 4. The van der Waals surface area contributed by atoms with Crippen LogP contribution in [0.1, 0.15) is 32.6 Å². The number of hydrogen-bond donors (Lipinski definition) is 2. The van der Waals surface area contributed by atoms with Crippen LogP contribution in [-0.4, -0.2) is 58.3 Å². The van der Waals surface area contributed by atoms with Crippen molar-refractivity contribution >= 4 is 11.8 Å². The number of rotatable bonds is 4. The lowest BCUT2D eigenvalue weighted by atomic mass is 10.0. The first-order valence-corrected chi connectivity index (χ1v) is 8.11. The van der Waals surface area contributed by atoms with Gasteiger partial charge in [0.25, 0.3) is 0 Å². The van der Waals surface area contributed by atoms with E-state index in [1.54, 1.807) is 0 Å². The van der Waals surface area contributed by atoms with Crippen LogP contribution >= 0.6 is 11.8 Å². The molecule has 2 aliphatic heterocycles. The third kappa shape index (κ3) is 2.80. The van der Waals surface area contributed by atoms with Gasteiger partial charge in [0.05, 0.1) is 5.60 Å². The second-order valence-electron chi connectivity index (χ2n) is 6.12. The molecule has 3 nitrogen and oxygen atoms in total. The van der Waals surface area contributed by atoms with Crippen LogP contribution in [-0.2, 0) is 0 Å². The van der Waals surface area contributed by atoms with E-state index in [9.17, 15) is 5.11 Å². The summed E-state index contributed by atoms with van der Waals surface area (Å²) in [7, 11) is 0. The highest BCUT2D eigenvalue weighted by molar-refractivity contribution is 7.99. The van der Waals surface area contributed by atoms with Crippen molar-refractivity contribution in [2.45, 2.75) is 56.3 Å². The second-order valence-corrected chi connectivity index (χ2v) is 7.22. The van der Waals surface area contributed by atoms with Crippen LogP contribution in [0.25, 0.3) is 0 Å². The van der Waals surface area contributed by atoms with E-state index >= 15 is 0 Å². The van der Waals surface area contributed by atoms with Gasteiger partial charge in [-0.2, -0.15) is 11.8 Å². The summed E-state index contributed by atoms with van der Waals surface area (Å²) >= 11 is 1.88. The zero-order valence-electron chi connectivity index (χ0n) is 10.7. The van der Waals surface area contributed by atoms with E-state index in [1.807, 2.05) is 11.8 Å². The molecule has 17 heavy (non-hydrogen) atoms. The van der Waals surface area contributed by atoms with E-state index in [0.29, 0.717) is 6.04 Å². The van der Waals surface area contributed by atoms with Gasteiger partial charge in [-0.3, -0.25) is 4.90 Å². The minimum Gasteiger partial charge on any atom is -0.388 e. The zero-order chi connectivity index (χ0) is 11.9. The molecule has 3 fully saturated rings. The summed E-state index contributed by atoms with van der Waals surface area (Å²) in [6.07, 6.45) is 5.01. The van der Waals surface area contributed by atoms with Gasteiger partial charge in [-0.1, -0.05) is 0 Å². The molecular formula is C13H24N2OS. The number of nitrogens with one attached hydrogen (secondary N) is 1. The second kappa shape index (κ2) is 4.72. The molecule has 3 atom stereocenters. The first kappa shape index (κ1) is 12.3. The van der Waals surface area contributed by atoms with Gasteiger partial charge in [0, 0.05) is 37.0 Å². The van der Waals surface area contributed by atoms with Gasteiger partial charge in [-0.05, 0) is 38.4 Å². The fourth-order valence-electron chi connectivity index (χ4n) is 3.19. The molecule has 3 unspecified atom stereocenters. The molecule has 2 saturated heterocycles. The van der Waals surface area contributed by atoms with Crippen LogP contribution < -0.4 is 5.32 Å². The summed E-state index contributed by atoms with van der Waals surface area (Å²) in [6.45, 7) is 4.32. The first-order valence-electron chi connectivity index (χ1n) is 6.96. The highest BCUT2D eigenvalue weighted by atomic mass is 32.2. The van der Waals surface area contributed by atoms with Crippen LogP contribution in [0.15, 0.2) is 0 Å². The maximum Gasteiger partial charge on any atom is 0.0869 e. The maximum absolute atomic E-state index is 10.3. The molecular weight excluding hydrogens is 232 g/mol. The number of aliphatic hydroxyl groups is 1. The summed E-state index contributed by atoms with van der Waals surface area (Å²) in [5.41, 5.74) is -0.430. The molecule has 0 amide bonds. The quantitative estimate of drug-likeness (QED) is 0.789. The highest BCUT2D eigenvalue weighted by Gasteiger charge is 2.39. The predicted molar refractivity (Wildman–Crippen MR) is 72.5 cm³/mol. The van der Waals surface area contributed by atoms with Crippen molar-refractivity contribution in [1.82, 2.24) is 10.2 Å². The van der Waals surface area contributed by atoms with E-state index in [4.69, 9.17) is 0 Å². The molecule has 3 aliphatic rings. The molecule has 2 N–H and O–H groups in total. The predicted octanol–water partition coefficient (Wildman–Crippen LogP) is 1.07. The van der Waals surface area contributed by atoms with E-state index in [1.165, 1.54) is 25.8 Å². The monoisotopic (exact) mass is 256 g/mol. The minimum absolute atomic E-state index is 0.430. The van der Waals surface area contributed by atoms with Gasteiger partial charge >= 0.3 is 0 Å². The molecule has 98 valence electrons. The molecule has 0 aromatic heterocycles. The van der Waals surface area contributed by atoms with Crippen molar-refractivity contribution in [2.24, 2.45) is 0 Å². The summed E-state index contributed by atoms with van der Waals surface area (Å²) < 4.78 is 0. The fourth-order valence-corrected chi connectivity index (χ4v) is 4.48. The smallest absolute Gasteiger partial charge is 0.0869 e. The van der Waals surface area contributed by atoms with Gasteiger partial charge in [0.15, 0.2) is 0 Å². The summed E-state index contributed by atoms with van der Waals surface area (Å²) in [6, 6.07) is 2.20. The van der Waals surface area contributed by atoms with E-state index in [-0.39, 0.29) is 0 Å². The molecule has 0 bridgehead atoms. The average molecular weight is 256 g/mol. The molecule has 3 rings (SSSR count). The topological polar surface area (TPSA) is 35.5 Å². The molecule has 0 radical (unpaired) electrons. The Balaban J connectivity index is 1.46. The molecule has 4 heteroatoms. The van der Waals surface area contributed by atoms with Crippen molar-refractivity contribution in [3.63, 3.8) is 0 Å². The van der Waals surface area contributed by atoms with Crippen LogP contribution in [0.3, 0.4) is 0 Å². The van der Waals surface area contributed by atoms with Gasteiger partial charge in [-0.15, -0.1) is 0 Å². The Kier molecular flexibility index (Phi) is 3.41. The lowest BCUT2D eigenvalue weighted by molar-refractivity contribution is 0.0648. The average Bonchev–Trinajstić information content (AvgIpc) is 2.95. The van der Waals surface area contributed by atoms with Crippen molar-refractivity contribution in [2.75, 3.05) is 24.6 Å². The third-order valence-corrected chi connectivity index (χ3v) is 5.68. The first-order chi connectivity index (χ1) is 8.16. The Morgan fingerprint density at radius 3 is 2.94 bits per heavy atom. The van der Waals surface area contributed by atoms with Crippen LogP contribution in [0.2, 0.25) is 0 Å². The van der Waals surface area contributed by atoms with Gasteiger partial charge in [0.2, 0.25) is 0 Å². The van der Waals surface area contributed by atoms with E-state index < -0.39 is 5.60 Å². The summed E-state index contributed by atoms with van der Waals surface area (Å²) in [4.78, 5) is 2.66. The normalized spacial score (nSPS) is 43.4. The van der Waals surface area contributed by atoms with Crippen molar-refractivity contribution in [3.8, 4) is 0 Å². The van der Waals surface area contributed by atoms with Crippen LogP contribution in [0.5, 0.6) is 0 Å². The van der Waals surface area contributed by atoms with Gasteiger partial charge in [0.1, 0.15) is 0 Å².